The minimum absolute atomic E-state index is 0.0561. The minimum atomic E-state index is -4.01. The predicted molar refractivity (Wildman–Crippen MR) is 77.5 cm³/mol. The minimum Gasteiger partial charge on any atom is -0.349 e. The number of amides is 1. The molecule has 0 aliphatic heterocycles. The molecule has 0 aromatic heterocycles. The molecule has 1 aromatic carbocycles. The van der Waals surface area contributed by atoms with E-state index in [1.165, 1.54) is 12.1 Å². The number of carbonyl (C=O) groups excluding carboxylic acids is 1. The first-order chi connectivity index (χ1) is 9.20. The fourth-order valence-electron chi connectivity index (χ4n) is 2.24. The molecule has 1 fully saturated rings. The lowest BCUT2D eigenvalue weighted by Crippen LogP contribution is -2.43. The van der Waals surface area contributed by atoms with Gasteiger partial charge < -0.3 is 5.32 Å². The third-order valence-electron chi connectivity index (χ3n) is 3.30. The molecular formula is C12H14Cl2N2O3S. The van der Waals surface area contributed by atoms with E-state index in [-0.39, 0.29) is 26.5 Å². The molecule has 1 amide bonds. The van der Waals surface area contributed by atoms with Crippen molar-refractivity contribution in [3.8, 4) is 0 Å². The van der Waals surface area contributed by atoms with Crippen LogP contribution in [0.2, 0.25) is 10.0 Å². The van der Waals surface area contributed by atoms with Gasteiger partial charge in [0.1, 0.15) is 4.90 Å². The SMILES string of the molecule is CC1CC(NC(=O)c2c(Cl)ccc(S(N)(=O)=O)c2Cl)C1. The molecule has 5 nitrogen and oxygen atoms in total. The summed E-state index contributed by atoms with van der Waals surface area (Å²) in [7, 11) is -4.01. The first kappa shape index (κ1) is 15.6. The quantitative estimate of drug-likeness (QED) is 0.886. The zero-order valence-electron chi connectivity index (χ0n) is 10.7. The Morgan fingerprint density at radius 2 is 1.95 bits per heavy atom. The van der Waals surface area contributed by atoms with Crippen molar-refractivity contribution >= 4 is 39.1 Å². The highest BCUT2D eigenvalue weighted by Gasteiger charge is 2.29. The molecule has 0 spiro atoms. The number of halogens is 2. The number of hydrogen-bond acceptors (Lipinski definition) is 3. The number of carbonyl (C=O) groups is 1. The highest BCUT2D eigenvalue weighted by molar-refractivity contribution is 7.89. The number of sulfonamides is 1. The van der Waals surface area contributed by atoms with Crippen molar-refractivity contribution in [3.63, 3.8) is 0 Å². The van der Waals surface area contributed by atoms with Crippen molar-refractivity contribution in [2.75, 3.05) is 0 Å². The van der Waals surface area contributed by atoms with E-state index < -0.39 is 15.9 Å². The van der Waals surface area contributed by atoms with E-state index in [0.717, 1.165) is 12.8 Å². The highest BCUT2D eigenvalue weighted by atomic mass is 35.5. The molecule has 0 unspecified atom stereocenters. The Morgan fingerprint density at radius 3 is 2.45 bits per heavy atom. The topological polar surface area (TPSA) is 89.3 Å². The Balaban J connectivity index is 2.33. The van der Waals surface area contributed by atoms with Gasteiger partial charge in [0.2, 0.25) is 10.0 Å². The van der Waals surface area contributed by atoms with Crippen LogP contribution in [0.4, 0.5) is 0 Å². The summed E-state index contributed by atoms with van der Waals surface area (Å²) < 4.78 is 22.8. The van der Waals surface area contributed by atoms with Crippen molar-refractivity contribution < 1.29 is 13.2 Å². The van der Waals surface area contributed by atoms with E-state index in [1.54, 1.807) is 0 Å². The van der Waals surface area contributed by atoms with Crippen LogP contribution in [0.15, 0.2) is 17.0 Å². The van der Waals surface area contributed by atoms with E-state index in [1.807, 2.05) is 0 Å². The van der Waals surface area contributed by atoms with E-state index in [9.17, 15) is 13.2 Å². The monoisotopic (exact) mass is 336 g/mol. The molecule has 0 saturated heterocycles. The summed E-state index contributed by atoms with van der Waals surface area (Å²) in [6.07, 6.45) is 1.77. The smallest absolute Gasteiger partial charge is 0.254 e. The third kappa shape index (κ3) is 3.09. The van der Waals surface area contributed by atoms with Gasteiger partial charge in [-0.25, -0.2) is 13.6 Å². The predicted octanol–water partition coefficient (Wildman–Crippen LogP) is 2.17. The highest BCUT2D eigenvalue weighted by Crippen LogP contribution is 2.32. The molecule has 1 aliphatic carbocycles. The first-order valence-corrected chi connectivity index (χ1v) is 8.32. The molecule has 2 rings (SSSR count). The van der Waals surface area contributed by atoms with Gasteiger partial charge in [0.05, 0.1) is 15.6 Å². The molecule has 1 aliphatic rings. The van der Waals surface area contributed by atoms with Crippen LogP contribution in [-0.2, 0) is 10.0 Å². The molecule has 1 saturated carbocycles. The van der Waals surface area contributed by atoms with Crippen molar-refractivity contribution in [2.45, 2.75) is 30.7 Å². The van der Waals surface area contributed by atoms with Crippen LogP contribution in [0, 0.1) is 5.92 Å². The van der Waals surface area contributed by atoms with Crippen LogP contribution >= 0.6 is 23.2 Å². The average Bonchev–Trinajstić information content (AvgIpc) is 2.24. The lowest BCUT2D eigenvalue weighted by Gasteiger charge is -2.33. The lowest BCUT2D eigenvalue weighted by atomic mass is 9.82. The molecular weight excluding hydrogens is 323 g/mol. The fraction of sp³-hybridized carbons (Fsp3) is 0.417. The first-order valence-electron chi connectivity index (χ1n) is 6.01. The van der Waals surface area contributed by atoms with E-state index >= 15 is 0 Å². The summed E-state index contributed by atoms with van der Waals surface area (Å²) in [5, 5.41) is 7.67. The van der Waals surface area contributed by atoms with E-state index in [2.05, 4.69) is 12.2 Å². The normalized spacial score (nSPS) is 22.2. The lowest BCUT2D eigenvalue weighted by molar-refractivity contribution is 0.0896. The Bertz CT molecular complexity index is 655. The second-order valence-electron chi connectivity index (χ2n) is 5.03. The summed E-state index contributed by atoms with van der Waals surface area (Å²) >= 11 is 11.9. The maximum Gasteiger partial charge on any atom is 0.254 e. The molecule has 1 aromatic rings. The number of primary sulfonamides is 1. The molecule has 0 heterocycles. The van der Waals surface area contributed by atoms with Crippen LogP contribution in [0.5, 0.6) is 0 Å². The number of benzene rings is 1. The molecule has 0 bridgehead atoms. The van der Waals surface area contributed by atoms with Gasteiger partial charge in [-0.15, -0.1) is 0 Å². The van der Waals surface area contributed by atoms with E-state index in [4.69, 9.17) is 28.3 Å². The summed E-state index contributed by atoms with van der Waals surface area (Å²) in [6.45, 7) is 2.09. The number of nitrogens with one attached hydrogen (secondary N) is 1. The van der Waals surface area contributed by atoms with Gasteiger partial charge >= 0.3 is 0 Å². The molecule has 110 valence electrons. The van der Waals surface area contributed by atoms with E-state index in [0.29, 0.717) is 5.92 Å². The molecule has 3 N–H and O–H groups in total. The van der Waals surface area contributed by atoms with Gasteiger partial charge in [-0.2, -0.15) is 0 Å². The Kier molecular flexibility index (Phi) is 4.30. The van der Waals surface area contributed by atoms with Crippen LogP contribution in [0.25, 0.3) is 0 Å². The Morgan fingerprint density at radius 1 is 1.35 bits per heavy atom. The summed E-state index contributed by atoms with van der Waals surface area (Å²) in [4.78, 5) is 11.9. The van der Waals surface area contributed by atoms with Crippen molar-refractivity contribution in [2.24, 2.45) is 11.1 Å². The second kappa shape index (κ2) is 5.52. The maximum atomic E-state index is 12.2. The summed E-state index contributed by atoms with van der Waals surface area (Å²) in [5.41, 5.74) is -0.0561. The Hall–Kier alpha value is -0.820. The number of nitrogens with two attached hydrogens (primary N) is 1. The van der Waals surface area contributed by atoms with Crippen LogP contribution in [-0.4, -0.2) is 20.4 Å². The van der Waals surface area contributed by atoms with Crippen LogP contribution in [0.3, 0.4) is 0 Å². The molecule has 0 radical (unpaired) electrons. The Labute approximate surface area is 127 Å². The van der Waals surface area contributed by atoms with Crippen molar-refractivity contribution in [3.05, 3.63) is 27.7 Å². The zero-order chi connectivity index (χ0) is 15.1. The summed E-state index contributed by atoms with van der Waals surface area (Å²) in [6, 6.07) is 2.55. The zero-order valence-corrected chi connectivity index (χ0v) is 13.0. The maximum absolute atomic E-state index is 12.2. The third-order valence-corrected chi connectivity index (χ3v) is 5.07. The van der Waals surface area contributed by atoms with Gasteiger partial charge in [0.15, 0.2) is 0 Å². The fourth-order valence-corrected chi connectivity index (χ4v) is 3.71. The van der Waals surface area contributed by atoms with Gasteiger partial charge in [-0.3, -0.25) is 4.79 Å². The second-order valence-corrected chi connectivity index (χ2v) is 7.34. The van der Waals surface area contributed by atoms with Gasteiger partial charge in [-0.05, 0) is 30.9 Å². The summed E-state index contributed by atoms with van der Waals surface area (Å²) in [5.74, 6) is 0.0874. The van der Waals surface area contributed by atoms with Crippen molar-refractivity contribution in [1.82, 2.24) is 5.32 Å². The number of hydrogen-bond donors (Lipinski definition) is 2. The average molecular weight is 337 g/mol. The van der Waals surface area contributed by atoms with Crippen LogP contribution < -0.4 is 10.5 Å². The van der Waals surface area contributed by atoms with Gasteiger partial charge in [0, 0.05) is 6.04 Å². The molecule has 0 atom stereocenters. The molecule has 8 heteroatoms. The molecule has 20 heavy (non-hydrogen) atoms. The largest absolute Gasteiger partial charge is 0.349 e. The van der Waals surface area contributed by atoms with Crippen LogP contribution in [0.1, 0.15) is 30.1 Å². The standard InChI is InChI=1S/C12H14Cl2N2O3S/c1-6-4-7(5-6)16-12(17)10-8(13)2-3-9(11(10)14)20(15,18)19/h2-3,6-7H,4-5H2,1H3,(H,16,17)(H2,15,18,19). The van der Waals surface area contributed by atoms with Crippen molar-refractivity contribution in [1.29, 1.82) is 0 Å². The number of rotatable bonds is 3. The van der Waals surface area contributed by atoms with Gasteiger partial charge in [0.25, 0.3) is 5.91 Å². The van der Waals surface area contributed by atoms with Gasteiger partial charge in [-0.1, -0.05) is 30.1 Å².